The highest BCUT2D eigenvalue weighted by Gasteiger charge is 2.20. The molecule has 0 N–H and O–H groups in total. The summed E-state index contributed by atoms with van der Waals surface area (Å²) in [6.07, 6.45) is 3.28. The number of nitrogens with zero attached hydrogens (tertiary/aromatic N) is 3. The molecule has 1 aliphatic rings. The molecule has 4 rings (SSSR count). The van der Waals surface area contributed by atoms with E-state index in [2.05, 4.69) is 16.9 Å². The van der Waals surface area contributed by atoms with Crippen molar-refractivity contribution in [2.24, 2.45) is 0 Å². The number of fused-ring (bicyclic) bond motifs is 1. The SMILES string of the molecule is CN1CCN(C(=O)c2ccc(C=CC(=O)c3ccc4ccccc4n3)cc2)CC1. The van der Waals surface area contributed by atoms with E-state index in [1.807, 2.05) is 59.5 Å². The number of rotatable bonds is 4. The lowest BCUT2D eigenvalue weighted by Crippen LogP contribution is -2.47. The topological polar surface area (TPSA) is 53.5 Å². The van der Waals surface area contributed by atoms with Gasteiger partial charge in [-0.1, -0.05) is 42.5 Å². The zero-order valence-electron chi connectivity index (χ0n) is 16.4. The summed E-state index contributed by atoms with van der Waals surface area (Å²) in [5.41, 5.74) is 2.77. The van der Waals surface area contributed by atoms with Gasteiger partial charge in [0.05, 0.1) is 5.52 Å². The zero-order chi connectivity index (χ0) is 20.2. The van der Waals surface area contributed by atoms with Crippen LogP contribution in [0, 0.1) is 0 Å². The van der Waals surface area contributed by atoms with Gasteiger partial charge in [0.2, 0.25) is 5.78 Å². The Bertz CT molecular complexity index is 1060. The van der Waals surface area contributed by atoms with Gasteiger partial charge in [0.1, 0.15) is 5.69 Å². The molecule has 0 spiro atoms. The molecule has 0 radical (unpaired) electrons. The van der Waals surface area contributed by atoms with Crippen LogP contribution in [0.15, 0.2) is 66.7 Å². The number of ketones is 1. The summed E-state index contributed by atoms with van der Waals surface area (Å²) in [7, 11) is 2.07. The van der Waals surface area contributed by atoms with Crippen molar-refractivity contribution >= 4 is 28.7 Å². The second kappa shape index (κ2) is 8.37. The number of hydrogen-bond acceptors (Lipinski definition) is 4. The third-order valence-corrected chi connectivity index (χ3v) is 5.23. The van der Waals surface area contributed by atoms with Crippen LogP contribution < -0.4 is 0 Å². The Kier molecular flexibility index (Phi) is 5.49. The van der Waals surface area contributed by atoms with Crippen LogP contribution in [0.3, 0.4) is 0 Å². The number of allylic oxidation sites excluding steroid dienone is 1. The van der Waals surface area contributed by atoms with Crippen molar-refractivity contribution in [3.63, 3.8) is 0 Å². The van der Waals surface area contributed by atoms with Crippen LogP contribution in [0.25, 0.3) is 17.0 Å². The van der Waals surface area contributed by atoms with Crippen LogP contribution in [-0.4, -0.2) is 59.7 Å². The standard InChI is InChI=1S/C24H23N3O2/c1-26-14-16-27(17-15-26)24(29)20-9-6-18(7-10-20)8-13-23(28)22-12-11-19-4-2-3-5-21(19)25-22/h2-13H,14-17H2,1H3. The highest BCUT2D eigenvalue weighted by atomic mass is 16.2. The first-order valence-corrected chi connectivity index (χ1v) is 9.76. The summed E-state index contributed by atoms with van der Waals surface area (Å²) >= 11 is 0. The van der Waals surface area contributed by atoms with Gasteiger partial charge in [0.25, 0.3) is 5.91 Å². The summed E-state index contributed by atoms with van der Waals surface area (Å²) < 4.78 is 0. The van der Waals surface area contributed by atoms with Crippen molar-refractivity contribution in [3.8, 4) is 0 Å². The molecule has 0 saturated carbocycles. The van der Waals surface area contributed by atoms with Crippen molar-refractivity contribution < 1.29 is 9.59 Å². The minimum atomic E-state index is -0.145. The second-order valence-electron chi connectivity index (χ2n) is 7.30. The fourth-order valence-corrected chi connectivity index (χ4v) is 3.39. The third-order valence-electron chi connectivity index (χ3n) is 5.23. The van der Waals surface area contributed by atoms with E-state index in [-0.39, 0.29) is 11.7 Å². The lowest BCUT2D eigenvalue weighted by Gasteiger charge is -2.32. The van der Waals surface area contributed by atoms with E-state index in [4.69, 9.17) is 0 Å². The van der Waals surface area contributed by atoms with Crippen LogP contribution in [0.1, 0.15) is 26.4 Å². The molecular formula is C24H23N3O2. The number of likely N-dealkylation sites (N-methyl/N-ethyl adjacent to an activating group) is 1. The Labute approximate surface area is 170 Å². The van der Waals surface area contributed by atoms with E-state index in [0.29, 0.717) is 11.3 Å². The molecule has 5 heteroatoms. The van der Waals surface area contributed by atoms with E-state index in [0.717, 1.165) is 42.6 Å². The van der Waals surface area contributed by atoms with Crippen molar-refractivity contribution in [1.82, 2.24) is 14.8 Å². The van der Waals surface area contributed by atoms with Crippen LogP contribution in [-0.2, 0) is 0 Å². The minimum Gasteiger partial charge on any atom is -0.336 e. The van der Waals surface area contributed by atoms with Gasteiger partial charge in [-0.25, -0.2) is 4.98 Å². The van der Waals surface area contributed by atoms with Crippen molar-refractivity contribution in [2.75, 3.05) is 33.2 Å². The average Bonchev–Trinajstić information content (AvgIpc) is 2.77. The predicted octanol–water partition coefficient (Wildman–Crippen LogP) is 3.52. The third kappa shape index (κ3) is 4.41. The van der Waals surface area contributed by atoms with E-state index in [1.165, 1.54) is 6.08 Å². The Morgan fingerprint density at radius 3 is 2.38 bits per heavy atom. The van der Waals surface area contributed by atoms with E-state index >= 15 is 0 Å². The fourth-order valence-electron chi connectivity index (χ4n) is 3.39. The Morgan fingerprint density at radius 2 is 1.62 bits per heavy atom. The molecule has 146 valence electrons. The summed E-state index contributed by atoms with van der Waals surface area (Å²) in [6.45, 7) is 3.31. The molecule has 0 aliphatic carbocycles. The number of benzene rings is 2. The highest BCUT2D eigenvalue weighted by molar-refractivity contribution is 6.06. The minimum absolute atomic E-state index is 0.0602. The second-order valence-corrected chi connectivity index (χ2v) is 7.30. The Balaban J connectivity index is 1.43. The van der Waals surface area contributed by atoms with Gasteiger partial charge in [-0.2, -0.15) is 0 Å². The van der Waals surface area contributed by atoms with Gasteiger partial charge in [-0.3, -0.25) is 9.59 Å². The molecule has 29 heavy (non-hydrogen) atoms. The molecule has 1 aliphatic heterocycles. The van der Waals surface area contributed by atoms with E-state index < -0.39 is 0 Å². The smallest absolute Gasteiger partial charge is 0.253 e. The van der Waals surface area contributed by atoms with E-state index in [9.17, 15) is 9.59 Å². The monoisotopic (exact) mass is 385 g/mol. The number of carbonyl (C=O) groups is 2. The first kappa shape index (κ1) is 19.0. The molecule has 0 bridgehead atoms. The molecular weight excluding hydrogens is 362 g/mol. The van der Waals surface area contributed by atoms with Gasteiger partial charge in [0, 0.05) is 37.1 Å². The number of pyridine rings is 1. The molecule has 3 aromatic rings. The fraction of sp³-hybridized carbons (Fsp3) is 0.208. The quantitative estimate of drug-likeness (QED) is 0.509. The molecule has 2 aromatic carbocycles. The summed E-state index contributed by atoms with van der Waals surface area (Å²) in [5, 5.41) is 1.01. The largest absolute Gasteiger partial charge is 0.336 e. The van der Waals surface area contributed by atoms with Crippen LogP contribution >= 0.6 is 0 Å². The number of carbonyl (C=O) groups excluding carboxylic acids is 2. The van der Waals surface area contributed by atoms with Gasteiger partial charge in [0.15, 0.2) is 0 Å². The molecule has 2 heterocycles. The molecule has 0 unspecified atom stereocenters. The van der Waals surface area contributed by atoms with Gasteiger partial charge >= 0.3 is 0 Å². The molecule has 1 amide bonds. The number of hydrogen-bond donors (Lipinski definition) is 0. The molecule has 1 saturated heterocycles. The molecule has 1 aromatic heterocycles. The molecule has 5 nitrogen and oxygen atoms in total. The van der Waals surface area contributed by atoms with Gasteiger partial charge < -0.3 is 9.80 Å². The van der Waals surface area contributed by atoms with Crippen molar-refractivity contribution in [2.45, 2.75) is 0 Å². The van der Waals surface area contributed by atoms with Crippen molar-refractivity contribution in [1.29, 1.82) is 0 Å². The first-order valence-electron chi connectivity index (χ1n) is 9.76. The maximum Gasteiger partial charge on any atom is 0.253 e. The number of amides is 1. The zero-order valence-corrected chi connectivity index (χ0v) is 16.4. The first-order chi connectivity index (χ1) is 14.1. The predicted molar refractivity (Wildman–Crippen MR) is 115 cm³/mol. The lowest BCUT2D eigenvalue weighted by atomic mass is 10.1. The van der Waals surface area contributed by atoms with Crippen LogP contribution in [0.4, 0.5) is 0 Å². The Hall–Kier alpha value is -3.31. The maximum atomic E-state index is 12.6. The number of piperazine rings is 1. The molecule has 1 fully saturated rings. The summed E-state index contributed by atoms with van der Waals surface area (Å²) in [6, 6.07) is 18.7. The molecule has 0 atom stereocenters. The van der Waals surface area contributed by atoms with E-state index in [1.54, 1.807) is 12.1 Å². The normalized spacial score (nSPS) is 15.1. The maximum absolute atomic E-state index is 12.6. The number of aromatic nitrogens is 1. The Morgan fingerprint density at radius 1 is 0.897 bits per heavy atom. The number of para-hydroxylation sites is 1. The van der Waals surface area contributed by atoms with Gasteiger partial charge in [-0.15, -0.1) is 0 Å². The summed E-state index contributed by atoms with van der Waals surface area (Å²) in [4.78, 5) is 33.6. The van der Waals surface area contributed by atoms with Gasteiger partial charge in [-0.05, 0) is 43.0 Å². The highest BCUT2D eigenvalue weighted by Crippen LogP contribution is 2.14. The lowest BCUT2D eigenvalue weighted by molar-refractivity contribution is 0.0664. The average molecular weight is 385 g/mol. The summed E-state index contributed by atoms with van der Waals surface area (Å²) in [5.74, 6) is -0.0848. The van der Waals surface area contributed by atoms with Crippen molar-refractivity contribution in [3.05, 3.63) is 83.6 Å². The van der Waals surface area contributed by atoms with Crippen LogP contribution in [0.5, 0.6) is 0 Å². The van der Waals surface area contributed by atoms with Crippen LogP contribution in [0.2, 0.25) is 0 Å².